The zero-order valence-corrected chi connectivity index (χ0v) is 9.97. The first-order chi connectivity index (χ1) is 7.75. The molecule has 0 bridgehead atoms. The third-order valence-electron chi connectivity index (χ3n) is 3.83. The molecule has 90 valence electrons. The van der Waals surface area contributed by atoms with Crippen LogP contribution < -0.4 is 11.1 Å². The van der Waals surface area contributed by atoms with Crippen LogP contribution in [0.1, 0.15) is 51.4 Å². The van der Waals surface area contributed by atoms with Crippen LogP contribution in [-0.4, -0.2) is 11.8 Å². The minimum Gasteiger partial charge on any atom is -0.385 e. The fourth-order valence-electron chi connectivity index (χ4n) is 2.53. The maximum Gasteiger partial charge on any atom is 0.0980 e. The second kappa shape index (κ2) is 5.37. The van der Waals surface area contributed by atoms with Crippen molar-refractivity contribution >= 4 is 5.71 Å². The largest absolute Gasteiger partial charge is 0.385 e. The van der Waals surface area contributed by atoms with Gasteiger partial charge in [0.15, 0.2) is 0 Å². The van der Waals surface area contributed by atoms with Gasteiger partial charge in [0.1, 0.15) is 0 Å². The van der Waals surface area contributed by atoms with E-state index in [-0.39, 0.29) is 0 Å². The zero-order valence-electron chi connectivity index (χ0n) is 9.97. The van der Waals surface area contributed by atoms with Crippen LogP contribution in [0.2, 0.25) is 0 Å². The molecule has 2 saturated carbocycles. The van der Waals surface area contributed by atoms with Crippen molar-refractivity contribution in [2.24, 2.45) is 11.7 Å². The smallest absolute Gasteiger partial charge is 0.0980 e. The SMILES string of the molecule is N=C(/C=C(/N)NC1CCCCC1)C1CCC1. The first kappa shape index (κ1) is 11.5. The predicted molar refractivity (Wildman–Crippen MR) is 67.3 cm³/mol. The quantitative estimate of drug-likeness (QED) is 0.639. The highest BCUT2D eigenvalue weighted by atomic mass is 15.0. The summed E-state index contributed by atoms with van der Waals surface area (Å²) in [5.74, 6) is 1.18. The van der Waals surface area contributed by atoms with Gasteiger partial charge in [-0.15, -0.1) is 0 Å². The Morgan fingerprint density at radius 3 is 2.31 bits per heavy atom. The van der Waals surface area contributed by atoms with Gasteiger partial charge in [-0.2, -0.15) is 0 Å². The van der Waals surface area contributed by atoms with Crippen molar-refractivity contribution < 1.29 is 0 Å². The molecule has 0 spiro atoms. The van der Waals surface area contributed by atoms with Crippen LogP contribution in [0.3, 0.4) is 0 Å². The molecule has 3 heteroatoms. The van der Waals surface area contributed by atoms with E-state index >= 15 is 0 Å². The van der Waals surface area contributed by atoms with E-state index in [0.717, 1.165) is 0 Å². The summed E-state index contributed by atoms with van der Waals surface area (Å²) in [6.45, 7) is 0. The second-order valence-electron chi connectivity index (χ2n) is 5.16. The summed E-state index contributed by atoms with van der Waals surface area (Å²) >= 11 is 0. The summed E-state index contributed by atoms with van der Waals surface area (Å²) in [5.41, 5.74) is 6.65. The van der Waals surface area contributed by atoms with E-state index in [9.17, 15) is 0 Å². The molecule has 16 heavy (non-hydrogen) atoms. The Hall–Kier alpha value is -0.990. The fourth-order valence-corrected chi connectivity index (χ4v) is 2.53. The van der Waals surface area contributed by atoms with Gasteiger partial charge in [0.05, 0.1) is 5.82 Å². The highest BCUT2D eigenvalue weighted by molar-refractivity contribution is 5.95. The molecule has 0 aromatic carbocycles. The van der Waals surface area contributed by atoms with Crippen molar-refractivity contribution in [3.05, 3.63) is 11.9 Å². The van der Waals surface area contributed by atoms with Gasteiger partial charge in [-0.1, -0.05) is 25.7 Å². The summed E-state index contributed by atoms with van der Waals surface area (Å²) < 4.78 is 0. The van der Waals surface area contributed by atoms with Gasteiger partial charge in [0.25, 0.3) is 0 Å². The van der Waals surface area contributed by atoms with Crippen molar-refractivity contribution in [2.45, 2.75) is 57.4 Å². The number of rotatable bonds is 4. The van der Waals surface area contributed by atoms with Gasteiger partial charge < -0.3 is 16.5 Å². The van der Waals surface area contributed by atoms with Gasteiger partial charge in [0, 0.05) is 17.7 Å². The van der Waals surface area contributed by atoms with Gasteiger partial charge in [-0.25, -0.2) is 0 Å². The average molecular weight is 221 g/mol. The van der Waals surface area contributed by atoms with E-state index in [1.54, 1.807) is 0 Å². The van der Waals surface area contributed by atoms with Crippen LogP contribution in [0, 0.1) is 11.3 Å². The maximum atomic E-state index is 7.90. The molecule has 2 aliphatic carbocycles. The van der Waals surface area contributed by atoms with Crippen molar-refractivity contribution in [3.8, 4) is 0 Å². The average Bonchev–Trinajstić information content (AvgIpc) is 2.15. The van der Waals surface area contributed by atoms with Crippen LogP contribution in [0.25, 0.3) is 0 Å². The third kappa shape index (κ3) is 3.00. The Morgan fingerprint density at radius 2 is 1.75 bits per heavy atom. The molecule has 2 fully saturated rings. The van der Waals surface area contributed by atoms with Crippen molar-refractivity contribution in [2.75, 3.05) is 0 Å². The van der Waals surface area contributed by atoms with Gasteiger partial charge in [-0.05, 0) is 31.8 Å². The number of allylic oxidation sites excluding steroid dienone is 1. The van der Waals surface area contributed by atoms with Crippen LogP contribution in [0.4, 0.5) is 0 Å². The molecule has 3 nitrogen and oxygen atoms in total. The fraction of sp³-hybridized carbons (Fsp3) is 0.769. The Labute approximate surface area is 98.0 Å². The van der Waals surface area contributed by atoms with Gasteiger partial charge in [0.2, 0.25) is 0 Å². The molecule has 0 atom stereocenters. The van der Waals surface area contributed by atoms with Crippen LogP contribution in [-0.2, 0) is 0 Å². The van der Waals surface area contributed by atoms with Crippen molar-refractivity contribution in [1.82, 2.24) is 5.32 Å². The second-order valence-corrected chi connectivity index (χ2v) is 5.16. The first-order valence-corrected chi connectivity index (χ1v) is 6.58. The first-order valence-electron chi connectivity index (χ1n) is 6.58. The van der Waals surface area contributed by atoms with E-state index in [0.29, 0.717) is 23.5 Å². The Kier molecular flexibility index (Phi) is 3.86. The van der Waals surface area contributed by atoms with Gasteiger partial charge >= 0.3 is 0 Å². The summed E-state index contributed by atoms with van der Waals surface area (Å²) in [5, 5.41) is 11.2. The molecule has 2 aliphatic rings. The molecule has 2 rings (SSSR count). The molecule has 4 N–H and O–H groups in total. The van der Waals surface area contributed by atoms with Gasteiger partial charge in [-0.3, -0.25) is 0 Å². The van der Waals surface area contributed by atoms with E-state index < -0.39 is 0 Å². The maximum absolute atomic E-state index is 7.90. The molecule has 0 aromatic heterocycles. The lowest BCUT2D eigenvalue weighted by atomic mass is 9.81. The minimum atomic E-state index is 0.478. The Balaban J connectivity index is 1.78. The van der Waals surface area contributed by atoms with E-state index in [4.69, 9.17) is 11.1 Å². The molecule has 0 unspecified atom stereocenters. The zero-order chi connectivity index (χ0) is 11.4. The Bertz CT molecular complexity index is 273. The van der Waals surface area contributed by atoms with E-state index in [2.05, 4.69) is 5.32 Å². The van der Waals surface area contributed by atoms with E-state index in [1.807, 2.05) is 6.08 Å². The molecule has 0 amide bonds. The molecule has 0 radical (unpaired) electrons. The predicted octanol–water partition coefficient (Wildman–Crippen LogP) is 2.53. The molecule has 0 heterocycles. The van der Waals surface area contributed by atoms with Crippen LogP contribution in [0.15, 0.2) is 11.9 Å². The lowest BCUT2D eigenvalue weighted by Crippen LogP contribution is -2.34. The number of hydrogen-bond acceptors (Lipinski definition) is 3. The van der Waals surface area contributed by atoms with Crippen molar-refractivity contribution in [3.63, 3.8) is 0 Å². The number of hydrogen-bond donors (Lipinski definition) is 3. The summed E-state index contributed by atoms with van der Waals surface area (Å²) in [7, 11) is 0. The molecule has 0 aliphatic heterocycles. The summed E-state index contributed by atoms with van der Waals surface area (Å²) in [6.07, 6.45) is 11.9. The normalized spacial score (nSPS) is 23.9. The molecule has 0 aromatic rings. The highest BCUT2D eigenvalue weighted by Crippen LogP contribution is 2.27. The Morgan fingerprint density at radius 1 is 1.06 bits per heavy atom. The summed E-state index contributed by atoms with van der Waals surface area (Å²) in [6, 6.07) is 0.541. The lowest BCUT2D eigenvalue weighted by molar-refractivity contribution is 0.394. The number of nitrogens with two attached hydrogens (primary N) is 1. The standard InChI is InChI=1S/C13H23N3/c14-12(10-5-4-6-10)9-13(15)16-11-7-2-1-3-8-11/h9-11,14,16H,1-8,15H2/b13-9-,14-12?. The molecule has 0 saturated heterocycles. The highest BCUT2D eigenvalue weighted by Gasteiger charge is 2.21. The summed E-state index contributed by atoms with van der Waals surface area (Å²) in [4.78, 5) is 0. The lowest BCUT2D eigenvalue weighted by Gasteiger charge is -2.26. The van der Waals surface area contributed by atoms with E-state index in [1.165, 1.54) is 51.4 Å². The van der Waals surface area contributed by atoms with Crippen LogP contribution in [0.5, 0.6) is 0 Å². The number of nitrogens with one attached hydrogen (secondary N) is 2. The minimum absolute atomic E-state index is 0.478. The monoisotopic (exact) mass is 221 g/mol. The molecular formula is C13H23N3. The van der Waals surface area contributed by atoms with Crippen molar-refractivity contribution in [1.29, 1.82) is 5.41 Å². The molecular weight excluding hydrogens is 198 g/mol. The third-order valence-corrected chi connectivity index (χ3v) is 3.83. The van der Waals surface area contributed by atoms with Crippen LogP contribution >= 0.6 is 0 Å². The topological polar surface area (TPSA) is 61.9 Å².